The molecule has 0 aliphatic rings. The molecule has 0 aliphatic carbocycles. The summed E-state index contributed by atoms with van der Waals surface area (Å²) in [5, 5.41) is 12.2. The lowest BCUT2D eigenvalue weighted by molar-refractivity contribution is 0.378. The second-order valence-electron chi connectivity index (χ2n) is 3.10. The van der Waals surface area contributed by atoms with Crippen LogP contribution >= 0.6 is 0 Å². The summed E-state index contributed by atoms with van der Waals surface area (Å²) in [7, 11) is 0. The van der Waals surface area contributed by atoms with Crippen molar-refractivity contribution in [3.63, 3.8) is 0 Å². The van der Waals surface area contributed by atoms with Gasteiger partial charge < -0.3 is 8.94 Å². The second-order valence-corrected chi connectivity index (χ2v) is 3.10. The van der Waals surface area contributed by atoms with Crippen LogP contribution in [0, 0.1) is 18.3 Å². The van der Waals surface area contributed by atoms with Gasteiger partial charge in [0.25, 0.3) is 0 Å². The van der Waals surface area contributed by atoms with Gasteiger partial charge in [-0.15, -0.1) is 0 Å². The highest BCUT2D eigenvalue weighted by Crippen LogP contribution is 2.21. The average Bonchev–Trinajstić information content (AvgIpc) is 2.83. The van der Waals surface area contributed by atoms with E-state index in [4.69, 9.17) is 14.2 Å². The molecule has 2 heterocycles. The van der Waals surface area contributed by atoms with E-state index in [9.17, 15) is 0 Å². The number of aryl methyl sites for hydroxylation is 2. The largest absolute Gasteiger partial charge is 0.461 e. The Morgan fingerprint density at radius 3 is 3.07 bits per heavy atom. The van der Waals surface area contributed by atoms with Crippen molar-refractivity contribution in [1.82, 2.24) is 10.1 Å². The lowest BCUT2D eigenvalue weighted by Crippen LogP contribution is -1.84. The molecule has 5 heteroatoms. The molecule has 0 atom stereocenters. The zero-order chi connectivity index (χ0) is 10.7. The van der Waals surface area contributed by atoms with Gasteiger partial charge in [0.15, 0.2) is 5.76 Å². The van der Waals surface area contributed by atoms with E-state index in [0.29, 0.717) is 30.3 Å². The first-order valence-corrected chi connectivity index (χ1v) is 4.55. The first-order valence-electron chi connectivity index (χ1n) is 4.55. The number of hydrogen-bond acceptors (Lipinski definition) is 5. The van der Waals surface area contributed by atoms with E-state index in [-0.39, 0.29) is 0 Å². The van der Waals surface area contributed by atoms with E-state index in [1.54, 1.807) is 6.26 Å². The zero-order valence-corrected chi connectivity index (χ0v) is 8.23. The maximum Gasteiger partial charge on any atom is 0.238 e. The van der Waals surface area contributed by atoms with E-state index < -0.39 is 0 Å². The Morgan fingerprint density at radius 1 is 1.53 bits per heavy atom. The Balaban J connectivity index is 2.21. The van der Waals surface area contributed by atoms with Crippen LogP contribution in [0.2, 0.25) is 0 Å². The van der Waals surface area contributed by atoms with E-state index in [1.165, 1.54) is 0 Å². The predicted molar refractivity (Wildman–Crippen MR) is 50.7 cm³/mol. The van der Waals surface area contributed by atoms with Crippen LogP contribution in [-0.2, 0) is 6.42 Å². The monoisotopic (exact) mass is 203 g/mol. The maximum atomic E-state index is 8.40. The first-order chi connectivity index (χ1) is 7.31. The molecule has 0 N–H and O–H groups in total. The molecule has 0 aliphatic heterocycles. The number of hydrogen-bond donors (Lipinski definition) is 0. The number of nitriles is 1. The summed E-state index contributed by atoms with van der Waals surface area (Å²) in [6, 6.07) is 3.85. The van der Waals surface area contributed by atoms with E-state index in [0.717, 1.165) is 5.56 Å². The Kier molecular flexibility index (Phi) is 2.50. The first kappa shape index (κ1) is 9.46. The van der Waals surface area contributed by atoms with E-state index >= 15 is 0 Å². The number of nitrogens with zero attached hydrogens (tertiary/aromatic N) is 3. The fourth-order valence-corrected chi connectivity index (χ4v) is 1.21. The van der Waals surface area contributed by atoms with Crippen LogP contribution in [0.15, 0.2) is 21.3 Å². The second kappa shape index (κ2) is 3.96. The van der Waals surface area contributed by atoms with Gasteiger partial charge in [0.1, 0.15) is 0 Å². The number of rotatable bonds is 3. The van der Waals surface area contributed by atoms with Crippen LogP contribution in [-0.4, -0.2) is 10.1 Å². The number of furan rings is 1. The normalized spacial score (nSPS) is 10.1. The highest BCUT2D eigenvalue weighted by molar-refractivity contribution is 5.50. The molecule has 0 aromatic carbocycles. The summed E-state index contributed by atoms with van der Waals surface area (Å²) in [5.41, 5.74) is 0.961. The van der Waals surface area contributed by atoms with Crippen molar-refractivity contribution in [2.24, 2.45) is 0 Å². The highest BCUT2D eigenvalue weighted by atomic mass is 16.5. The Hall–Kier alpha value is -2.09. The van der Waals surface area contributed by atoms with Crippen LogP contribution in [0.3, 0.4) is 0 Å². The summed E-state index contributed by atoms with van der Waals surface area (Å²) >= 11 is 0. The third-order valence-electron chi connectivity index (χ3n) is 1.98. The molecule has 0 radical (unpaired) electrons. The fraction of sp³-hybridized carbons (Fsp3) is 0.300. The SMILES string of the molecule is Cc1ccoc1-c1noc(CCC#N)n1. The highest BCUT2D eigenvalue weighted by Gasteiger charge is 2.13. The molecule has 0 saturated heterocycles. The van der Waals surface area contributed by atoms with Crippen molar-refractivity contribution in [3.8, 4) is 17.7 Å². The van der Waals surface area contributed by atoms with Crippen LogP contribution in [0.1, 0.15) is 17.9 Å². The van der Waals surface area contributed by atoms with Gasteiger partial charge in [0.05, 0.1) is 12.3 Å². The quantitative estimate of drug-likeness (QED) is 0.763. The summed E-state index contributed by atoms with van der Waals surface area (Å²) in [6.45, 7) is 1.91. The Morgan fingerprint density at radius 2 is 2.40 bits per heavy atom. The van der Waals surface area contributed by atoms with Crippen molar-refractivity contribution in [3.05, 3.63) is 23.8 Å². The van der Waals surface area contributed by atoms with Gasteiger partial charge >= 0.3 is 0 Å². The lowest BCUT2D eigenvalue weighted by atomic mass is 10.3. The maximum absolute atomic E-state index is 8.40. The van der Waals surface area contributed by atoms with E-state index in [2.05, 4.69) is 10.1 Å². The molecule has 2 aromatic heterocycles. The average molecular weight is 203 g/mol. The van der Waals surface area contributed by atoms with Gasteiger partial charge in [0, 0.05) is 12.8 Å². The summed E-state index contributed by atoms with van der Waals surface area (Å²) in [5.74, 6) is 1.51. The summed E-state index contributed by atoms with van der Waals surface area (Å²) < 4.78 is 10.2. The van der Waals surface area contributed by atoms with Crippen molar-refractivity contribution in [2.75, 3.05) is 0 Å². The Labute approximate surface area is 86.3 Å². The van der Waals surface area contributed by atoms with Crippen molar-refractivity contribution in [1.29, 1.82) is 5.26 Å². The van der Waals surface area contributed by atoms with Gasteiger partial charge in [-0.2, -0.15) is 10.2 Å². The van der Waals surface area contributed by atoms with E-state index in [1.807, 2.05) is 19.1 Å². The minimum absolute atomic E-state index is 0.374. The number of aromatic nitrogens is 2. The van der Waals surface area contributed by atoms with Crippen molar-refractivity contribution >= 4 is 0 Å². The molecule has 15 heavy (non-hydrogen) atoms. The van der Waals surface area contributed by atoms with Gasteiger partial charge in [0.2, 0.25) is 11.7 Å². The minimum Gasteiger partial charge on any atom is -0.461 e. The van der Waals surface area contributed by atoms with Crippen LogP contribution < -0.4 is 0 Å². The topological polar surface area (TPSA) is 75.8 Å². The molecule has 0 unspecified atom stereocenters. The molecule has 0 fully saturated rings. The molecule has 5 nitrogen and oxygen atoms in total. The lowest BCUT2D eigenvalue weighted by Gasteiger charge is -1.87. The van der Waals surface area contributed by atoms with Crippen molar-refractivity contribution in [2.45, 2.75) is 19.8 Å². The molecule has 76 valence electrons. The van der Waals surface area contributed by atoms with Gasteiger partial charge in [-0.1, -0.05) is 5.16 Å². The molecule has 2 rings (SSSR count). The Bertz CT molecular complexity index is 493. The van der Waals surface area contributed by atoms with Gasteiger partial charge in [-0.05, 0) is 18.6 Å². The molecule has 2 aromatic rings. The molecule has 0 amide bonds. The molecule has 0 saturated carbocycles. The van der Waals surface area contributed by atoms with Crippen LogP contribution in [0.4, 0.5) is 0 Å². The molecule has 0 bridgehead atoms. The minimum atomic E-state index is 0.374. The molecule has 0 spiro atoms. The summed E-state index contributed by atoms with van der Waals surface area (Å²) in [6.07, 6.45) is 2.43. The molecular formula is C10H9N3O2. The molecular weight excluding hydrogens is 194 g/mol. The van der Waals surface area contributed by atoms with Gasteiger partial charge in [-0.25, -0.2) is 0 Å². The standard InChI is InChI=1S/C10H9N3O2/c1-7-4-6-14-9(7)10-12-8(15-13-10)3-2-5-11/h4,6H,2-3H2,1H3. The zero-order valence-electron chi connectivity index (χ0n) is 8.23. The predicted octanol–water partition coefficient (Wildman–Crippen LogP) is 2.09. The fourth-order valence-electron chi connectivity index (χ4n) is 1.21. The smallest absolute Gasteiger partial charge is 0.238 e. The summed E-state index contributed by atoms with van der Waals surface area (Å²) in [4.78, 5) is 4.13. The third kappa shape index (κ3) is 1.89. The third-order valence-corrected chi connectivity index (χ3v) is 1.98. The van der Waals surface area contributed by atoms with Crippen LogP contribution in [0.5, 0.6) is 0 Å². The van der Waals surface area contributed by atoms with Gasteiger partial charge in [-0.3, -0.25) is 0 Å². The van der Waals surface area contributed by atoms with Crippen LogP contribution in [0.25, 0.3) is 11.6 Å². The van der Waals surface area contributed by atoms with Crippen molar-refractivity contribution < 1.29 is 8.94 Å².